The quantitative estimate of drug-likeness (QED) is 0.621. The highest BCUT2D eigenvalue weighted by molar-refractivity contribution is 5.34. The van der Waals surface area contributed by atoms with Gasteiger partial charge in [-0.3, -0.25) is 0 Å². The fourth-order valence-corrected chi connectivity index (χ4v) is 3.20. The predicted molar refractivity (Wildman–Crippen MR) is 105 cm³/mol. The molecule has 6 heteroatoms. The second-order valence-electron chi connectivity index (χ2n) is 6.81. The minimum atomic E-state index is -0.296. The zero-order valence-corrected chi connectivity index (χ0v) is 15.5. The number of ether oxygens (including phenoxy) is 2. The van der Waals surface area contributed by atoms with Crippen LogP contribution in [0.15, 0.2) is 66.9 Å². The van der Waals surface area contributed by atoms with Gasteiger partial charge in [0.2, 0.25) is 11.8 Å². The number of hydrogen-bond acceptors (Lipinski definition) is 5. The molecule has 1 aromatic heterocycles. The molecule has 1 aliphatic rings. The van der Waals surface area contributed by atoms with Crippen molar-refractivity contribution in [1.29, 1.82) is 0 Å². The molecule has 0 saturated carbocycles. The van der Waals surface area contributed by atoms with Crippen molar-refractivity contribution in [2.75, 3.05) is 24.6 Å². The minimum absolute atomic E-state index is 0.296. The number of halogens is 1. The number of hydrogen-bond donors (Lipinski definition) is 0. The van der Waals surface area contributed by atoms with Crippen LogP contribution in [-0.4, -0.2) is 29.7 Å². The third-order valence-electron chi connectivity index (χ3n) is 4.78. The van der Waals surface area contributed by atoms with Crippen LogP contribution in [0, 0.1) is 11.7 Å². The predicted octanol–water partition coefficient (Wildman–Crippen LogP) is 4.70. The Bertz CT molecular complexity index is 882. The topological polar surface area (TPSA) is 47.5 Å². The smallest absolute Gasteiger partial charge is 0.228 e. The van der Waals surface area contributed by atoms with E-state index in [0.717, 1.165) is 38.3 Å². The molecule has 4 rings (SSSR count). The lowest BCUT2D eigenvalue weighted by Crippen LogP contribution is -2.36. The van der Waals surface area contributed by atoms with E-state index in [9.17, 15) is 4.39 Å². The van der Waals surface area contributed by atoms with Gasteiger partial charge in [0.25, 0.3) is 0 Å². The third kappa shape index (κ3) is 4.76. The Hall–Kier alpha value is -3.15. The van der Waals surface area contributed by atoms with E-state index in [-0.39, 0.29) is 5.82 Å². The average molecular weight is 379 g/mol. The SMILES string of the molecule is Fc1ccc(Oc2ccnc(N3CCC(COc4ccccc4)CC3)n2)cc1. The number of aromatic nitrogens is 2. The molecule has 1 saturated heterocycles. The van der Waals surface area contributed by atoms with Gasteiger partial charge in [0.15, 0.2) is 0 Å². The Morgan fingerprint density at radius 3 is 2.43 bits per heavy atom. The van der Waals surface area contributed by atoms with Gasteiger partial charge < -0.3 is 14.4 Å². The van der Waals surface area contributed by atoms with Crippen LogP contribution in [0.25, 0.3) is 0 Å². The molecule has 2 heterocycles. The summed E-state index contributed by atoms with van der Waals surface area (Å²) in [7, 11) is 0. The summed E-state index contributed by atoms with van der Waals surface area (Å²) in [6.07, 6.45) is 3.74. The van der Waals surface area contributed by atoms with Gasteiger partial charge in [-0.2, -0.15) is 4.98 Å². The number of para-hydroxylation sites is 1. The zero-order valence-electron chi connectivity index (χ0n) is 15.5. The molecule has 0 bridgehead atoms. The van der Waals surface area contributed by atoms with E-state index in [4.69, 9.17) is 9.47 Å². The molecular formula is C22H22FN3O2. The van der Waals surface area contributed by atoms with Crippen LogP contribution in [0.5, 0.6) is 17.4 Å². The van der Waals surface area contributed by atoms with Crippen molar-refractivity contribution in [3.8, 4) is 17.4 Å². The molecule has 0 spiro atoms. The van der Waals surface area contributed by atoms with Gasteiger partial charge in [-0.25, -0.2) is 9.37 Å². The first-order chi connectivity index (χ1) is 13.8. The van der Waals surface area contributed by atoms with E-state index < -0.39 is 0 Å². The number of anilines is 1. The van der Waals surface area contributed by atoms with Crippen LogP contribution in [0.2, 0.25) is 0 Å². The summed E-state index contributed by atoms with van der Waals surface area (Å²) >= 11 is 0. The summed E-state index contributed by atoms with van der Waals surface area (Å²) in [4.78, 5) is 11.0. The standard InChI is InChI=1S/C22H22FN3O2/c23-18-6-8-20(9-7-18)28-21-10-13-24-22(25-21)26-14-11-17(12-15-26)16-27-19-4-2-1-3-5-19/h1-10,13,17H,11-12,14-16H2. The van der Waals surface area contributed by atoms with Gasteiger partial charge in [0, 0.05) is 25.4 Å². The molecule has 2 aromatic carbocycles. The van der Waals surface area contributed by atoms with Gasteiger partial charge in [0.05, 0.1) is 6.61 Å². The molecule has 0 atom stereocenters. The number of piperidine rings is 1. The van der Waals surface area contributed by atoms with Crippen molar-refractivity contribution in [2.24, 2.45) is 5.92 Å². The van der Waals surface area contributed by atoms with Crippen molar-refractivity contribution in [3.05, 3.63) is 72.7 Å². The second kappa shape index (κ2) is 8.69. The Morgan fingerprint density at radius 2 is 1.68 bits per heavy atom. The van der Waals surface area contributed by atoms with Gasteiger partial charge >= 0.3 is 0 Å². The van der Waals surface area contributed by atoms with Crippen LogP contribution < -0.4 is 14.4 Å². The Labute approximate surface area is 163 Å². The number of rotatable bonds is 6. The maximum absolute atomic E-state index is 13.0. The molecule has 0 N–H and O–H groups in total. The molecule has 0 unspecified atom stereocenters. The minimum Gasteiger partial charge on any atom is -0.493 e. The molecule has 28 heavy (non-hydrogen) atoms. The van der Waals surface area contributed by atoms with Gasteiger partial charge in [-0.15, -0.1) is 0 Å². The Balaban J connectivity index is 1.31. The normalized spacial score (nSPS) is 14.7. The first-order valence-corrected chi connectivity index (χ1v) is 9.45. The molecule has 3 aromatic rings. The van der Waals surface area contributed by atoms with E-state index in [0.29, 0.717) is 23.5 Å². The lowest BCUT2D eigenvalue weighted by atomic mass is 9.98. The first-order valence-electron chi connectivity index (χ1n) is 9.45. The van der Waals surface area contributed by atoms with Crippen LogP contribution in [0.4, 0.5) is 10.3 Å². The molecule has 0 aliphatic carbocycles. The molecule has 5 nitrogen and oxygen atoms in total. The van der Waals surface area contributed by atoms with E-state index in [1.165, 1.54) is 12.1 Å². The maximum Gasteiger partial charge on any atom is 0.228 e. The maximum atomic E-state index is 13.0. The summed E-state index contributed by atoms with van der Waals surface area (Å²) in [6.45, 7) is 2.48. The Kier molecular flexibility index (Phi) is 5.66. The second-order valence-corrected chi connectivity index (χ2v) is 6.81. The largest absolute Gasteiger partial charge is 0.493 e. The van der Waals surface area contributed by atoms with Crippen molar-refractivity contribution in [1.82, 2.24) is 9.97 Å². The van der Waals surface area contributed by atoms with Crippen molar-refractivity contribution in [2.45, 2.75) is 12.8 Å². The molecule has 144 valence electrons. The molecule has 1 fully saturated rings. The summed E-state index contributed by atoms with van der Waals surface area (Å²) in [5.74, 6) is 2.79. The fourth-order valence-electron chi connectivity index (χ4n) is 3.20. The van der Waals surface area contributed by atoms with E-state index in [2.05, 4.69) is 14.9 Å². The van der Waals surface area contributed by atoms with Gasteiger partial charge in [-0.05, 0) is 55.2 Å². The number of benzene rings is 2. The van der Waals surface area contributed by atoms with Crippen LogP contribution in [0.1, 0.15) is 12.8 Å². The fraction of sp³-hybridized carbons (Fsp3) is 0.273. The monoisotopic (exact) mass is 379 g/mol. The number of nitrogens with zero attached hydrogens (tertiary/aromatic N) is 3. The highest BCUT2D eigenvalue weighted by Gasteiger charge is 2.22. The zero-order chi connectivity index (χ0) is 19.2. The van der Waals surface area contributed by atoms with E-state index >= 15 is 0 Å². The van der Waals surface area contributed by atoms with Crippen LogP contribution >= 0.6 is 0 Å². The summed E-state index contributed by atoms with van der Waals surface area (Å²) in [5.41, 5.74) is 0. The summed E-state index contributed by atoms with van der Waals surface area (Å²) < 4.78 is 24.6. The van der Waals surface area contributed by atoms with E-state index in [1.54, 1.807) is 24.4 Å². The first kappa shape index (κ1) is 18.2. The molecule has 1 aliphatic heterocycles. The van der Waals surface area contributed by atoms with Crippen molar-refractivity contribution in [3.63, 3.8) is 0 Å². The lowest BCUT2D eigenvalue weighted by molar-refractivity contribution is 0.222. The lowest BCUT2D eigenvalue weighted by Gasteiger charge is -2.31. The Morgan fingerprint density at radius 1 is 0.929 bits per heavy atom. The van der Waals surface area contributed by atoms with Crippen molar-refractivity contribution < 1.29 is 13.9 Å². The van der Waals surface area contributed by atoms with Crippen LogP contribution in [-0.2, 0) is 0 Å². The highest BCUT2D eigenvalue weighted by atomic mass is 19.1. The van der Waals surface area contributed by atoms with Crippen LogP contribution in [0.3, 0.4) is 0 Å². The molecule has 0 radical (unpaired) electrons. The third-order valence-corrected chi connectivity index (χ3v) is 4.78. The van der Waals surface area contributed by atoms with E-state index in [1.807, 2.05) is 30.3 Å². The van der Waals surface area contributed by atoms with Gasteiger partial charge in [0.1, 0.15) is 17.3 Å². The molecular weight excluding hydrogens is 357 g/mol. The highest BCUT2D eigenvalue weighted by Crippen LogP contribution is 2.25. The summed E-state index contributed by atoms with van der Waals surface area (Å²) in [6, 6.07) is 17.5. The summed E-state index contributed by atoms with van der Waals surface area (Å²) in [5, 5.41) is 0. The average Bonchev–Trinajstić information content (AvgIpc) is 2.75. The van der Waals surface area contributed by atoms with Crippen molar-refractivity contribution >= 4 is 5.95 Å². The van der Waals surface area contributed by atoms with Gasteiger partial charge in [-0.1, -0.05) is 18.2 Å². The molecule has 0 amide bonds.